The Morgan fingerprint density at radius 2 is 2.00 bits per heavy atom. The maximum Gasteiger partial charge on any atom is 0.244 e. The van der Waals surface area contributed by atoms with Crippen LogP contribution in [0.3, 0.4) is 0 Å². The molecule has 0 saturated carbocycles. The molecule has 1 aromatic heterocycles. The van der Waals surface area contributed by atoms with Crippen LogP contribution in [0.25, 0.3) is 0 Å². The number of benzene rings is 1. The number of nitrogens with zero attached hydrogens (tertiary/aromatic N) is 1. The van der Waals surface area contributed by atoms with E-state index >= 15 is 0 Å². The van der Waals surface area contributed by atoms with Gasteiger partial charge in [-0.1, -0.05) is 24.3 Å². The van der Waals surface area contributed by atoms with Crippen LogP contribution in [-0.2, 0) is 16.6 Å². The Morgan fingerprint density at radius 3 is 2.70 bits per heavy atom. The molecular formula is C13H16N4O2S. The SMILES string of the molecule is Cc1ccccc1CNS(=O)(=O)c1cnccc1NN. The Morgan fingerprint density at radius 1 is 1.25 bits per heavy atom. The zero-order chi connectivity index (χ0) is 14.6. The van der Waals surface area contributed by atoms with E-state index in [2.05, 4.69) is 15.1 Å². The van der Waals surface area contributed by atoms with Gasteiger partial charge in [-0.25, -0.2) is 13.1 Å². The zero-order valence-electron chi connectivity index (χ0n) is 11.0. The first-order valence-electron chi connectivity index (χ1n) is 5.99. The van der Waals surface area contributed by atoms with Gasteiger partial charge in [-0.2, -0.15) is 0 Å². The number of rotatable bonds is 5. The first-order valence-corrected chi connectivity index (χ1v) is 7.47. The van der Waals surface area contributed by atoms with E-state index in [4.69, 9.17) is 5.84 Å². The molecule has 6 nitrogen and oxygen atoms in total. The fourth-order valence-electron chi connectivity index (χ4n) is 1.77. The van der Waals surface area contributed by atoms with Crippen LogP contribution < -0.4 is 16.0 Å². The lowest BCUT2D eigenvalue weighted by molar-refractivity contribution is 0.581. The highest BCUT2D eigenvalue weighted by Gasteiger charge is 2.18. The Balaban J connectivity index is 2.22. The number of nitrogen functional groups attached to an aromatic ring is 1. The van der Waals surface area contributed by atoms with Crippen LogP contribution in [0.5, 0.6) is 0 Å². The van der Waals surface area contributed by atoms with E-state index in [0.717, 1.165) is 11.1 Å². The number of sulfonamides is 1. The second-order valence-electron chi connectivity index (χ2n) is 4.27. The summed E-state index contributed by atoms with van der Waals surface area (Å²) in [6.45, 7) is 2.15. The molecule has 0 saturated heterocycles. The third kappa shape index (κ3) is 3.13. The highest BCUT2D eigenvalue weighted by Crippen LogP contribution is 2.18. The van der Waals surface area contributed by atoms with Crippen LogP contribution >= 0.6 is 0 Å². The van der Waals surface area contributed by atoms with Crippen molar-refractivity contribution in [2.45, 2.75) is 18.4 Å². The molecule has 0 aliphatic rings. The molecule has 0 unspecified atom stereocenters. The summed E-state index contributed by atoms with van der Waals surface area (Å²) in [6.07, 6.45) is 2.73. The summed E-state index contributed by atoms with van der Waals surface area (Å²) in [7, 11) is -3.67. The standard InChI is InChI=1S/C13H16N4O2S/c1-10-4-2-3-5-11(10)8-16-20(18,19)13-9-15-7-6-12(13)17-14/h2-7,9,16H,8,14H2,1H3,(H,15,17). The van der Waals surface area contributed by atoms with E-state index in [1.165, 1.54) is 18.5 Å². The lowest BCUT2D eigenvalue weighted by atomic mass is 10.1. The molecule has 2 aromatic rings. The van der Waals surface area contributed by atoms with Crippen molar-refractivity contribution in [2.75, 3.05) is 5.43 Å². The second kappa shape index (κ2) is 6.00. The normalized spacial score (nSPS) is 11.3. The van der Waals surface area contributed by atoms with Gasteiger partial charge in [-0.3, -0.25) is 10.8 Å². The molecule has 7 heteroatoms. The zero-order valence-corrected chi connectivity index (χ0v) is 11.8. The van der Waals surface area contributed by atoms with Gasteiger partial charge in [-0.15, -0.1) is 0 Å². The molecule has 2 rings (SSSR count). The third-order valence-corrected chi connectivity index (χ3v) is 4.37. The second-order valence-corrected chi connectivity index (χ2v) is 6.00. The number of pyridine rings is 1. The van der Waals surface area contributed by atoms with Gasteiger partial charge in [0, 0.05) is 18.9 Å². The molecule has 0 aliphatic heterocycles. The predicted molar refractivity (Wildman–Crippen MR) is 77.3 cm³/mol. The van der Waals surface area contributed by atoms with Crippen molar-refractivity contribution in [3.63, 3.8) is 0 Å². The van der Waals surface area contributed by atoms with Gasteiger partial charge in [-0.05, 0) is 24.1 Å². The smallest absolute Gasteiger partial charge is 0.244 e. The van der Waals surface area contributed by atoms with Crippen LogP contribution in [0.1, 0.15) is 11.1 Å². The summed E-state index contributed by atoms with van der Waals surface area (Å²) in [5.74, 6) is 5.31. The van der Waals surface area contributed by atoms with E-state index in [-0.39, 0.29) is 11.4 Å². The summed E-state index contributed by atoms with van der Waals surface area (Å²) >= 11 is 0. The summed E-state index contributed by atoms with van der Waals surface area (Å²) in [6, 6.07) is 9.09. The molecule has 0 aliphatic carbocycles. The Kier molecular flexibility index (Phi) is 4.33. The van der Waals surface area contributed by atoms with Crippen molar-refractivity contribution in [1.82, 2.24) is 9.71 Å². The first-order chi connectivity index (χ1) is 9.54. The van der Waals surface area contributed by atoms with Crippen LogP contribution in [-0.4, -0.2) is 13.4 Å². The average Bonchev–Trinajstić information content (AvgIpc) is 2.46. The van der Waals surface area contributed by atoms with Gasteiger partial charge in [0.2, 0.25) is 10.0 Å². The van der Waals surface area contributed by atoms with Crippen LogP contribution in [0.4, 0.5) is 5.69 Å². The van der Waals surface area contributed by atoms with E-state index in [1.54, 1.807) is 0 Å². The van der Waals surface area contributed by atoms with Crippen molar-refractivity contribution >= 4 is 15.7 Å². The maximum absolute atomic E-state index is 12.2. The van der Waals surface area contributed by atoms with Crippen molar-refractivity contribution < 1.29 is 8.42 Å². The molecule has 0 radical (unpaired) electrons. The number of aromatic nitrogens is 1. The lowest BCUT2D eigenvalue weighted by Crippen LogP contribution is -2.25. The van der Waals surface area contributed by atoms with Crippen molar-refractivity contribution in [2.24, 2.45) is 5.84 Å². The molecule has 0 spiro atoms. The number of nitrogens with two attached hydrogens (primary N) is 1. The highest BCUT2D eigenvalue weighted by molar-refractivity contribution is 7.89. The third-order valence-electron chi connectivity index (χ3n) is 2.94. The monoisotopic (exact) mass is 292 g/mol. The number of hydrogen-bond acceptors (Lipinski definition) is 5. The molecule has 0 bridgehead atoms. The maximum atomic E-state index is 12.2. The number of hydrazine groups is 1. The number of hydrogen-bond donors (Lipinski definition) is 3. The quantitative estimate of drug-likeness (QED) is 0.567. The molecule has 1 aromatic carbocycles. The van der Waals surface area contributed by atoms with Crippen molar-refractivity contribution in [3.8, 4) is 0 Å². The minimum atomic E-state index is -3.67. The minimum absolute atomic E-state index is 0.0242. The van der Waals surface area contributed by atoms with E-state index in [0.29, 0.717) is 5.69 Å². The van der Waals surface area contributed by atoms with Gasteiger partial charge in [0.15, 0.2) is 0 Å². The number of aryl methyl sites for hydroxylation is 1. The number of anilines is 1. The summed E-state index contributed by atoms with van der Waals surface area (Å²) in [5, 5.41) is 0. The first kappa shape index (κ1) is 14.4. The topological polar surface area (TPSA) is 97.1 Å². The van der Waals surface area contributed by atoms with Crippen LogP contribution in [0.2, 0.25) is 0 Å². The van der Waals surface area contributed by atoms with Gasteiger partial charge < -0.3 is 5.43 Å². The van der Waals surface area contributed by atoms with Gasteiger partial charge >= 0.3 is 0 Å². The highest BCUT2D eigenvalue weighted by atomic mass is 32.2. The molecule has 0 amide bonds. The lowest BCUT2D eigenvalue weighted by Gasteiger charge is -2.11. The van der Waals surface area contributed by atoms with Crippen molar-refractivity contribution in [1.29, 1.82) is 0 Å². The molecule has 20 heavy (non-hydrogen) atoms. The summed E-state index contributed by atoms with van der Waals surface area (Å²) < 4.78 is 27.0. The average molecular weight is 292 g/mol. The van der Waals surface area contributed by atoms with Gasteiger partial charge in [0.05, 0.1) is 5.69 Å². The molecule has 106 valence electrons. The largest absolute Gasteiger partial charge is 0.323 e. The molecule has 1 heterocycles. The fraction of sp³-hybridized carbons (Fsp3) is 0.154. The molecule has 0 atom stereocenters. The Hall–Kier alpha value is -1.96. The van der Waals surface area contributed by atoms with Crippen LogP contribution in [0, 0.1) is 6.92 Å². The van der Waals surface area contributed by atoms with Gasteiger partial charge in [0.25, 0.3) is 0 Å². The summed E-state index contributed by atoms with van der Waals surface area (Å²) in [4.78, 5) is 3.84. The van der Waals surface area contributed by atoms with Crippen molar-refractivity contribution in [3.05, 3.63) is 53.9 Å². The minimum Gasteiger partial charge on any atom is -0.323 e. The molecule has 4 N–H and O–H groups in total. The Bertz CT molecular complexity index is 701. The predicted octanol–water partition coefficient (Wildman–Crippen LogP) is 1.15. The van der Waals surface area contributed by atoms with E-state index in [1.807, 2.05) is 31.2 Å². The molecular weight excluding hydrogens is 276 g/mol. The van der Waals surface area contributed by atoms with E-state index < -0.39 is 10.0 Å². The fourth-order valence-corrected chi connectivity index (χ4v) is 2.89. The van der Waals surface area contributed by atoms with E-state index in [9.17, 15) is 8.42 Å². The number of nitrogens with one attached hydrogen (secondary N) is 2. The van der Waals surface area contributed by atoms with Gasteiger partial charge in [0.1, 0.15) is 4.90 Å². The molecule has 0 fully saturated rings. The van der Waals surface area contributed by atoms with Crippen LogP contribution in [0.15, 0.2) is 47.6 Å². The Labute approximate surface area is 118 Å². The summed E-state index contributed by atoms with van der Waals surface area (Å²) in [5.41, 5.74) is 4.60.